The van der Waals surface area contributed by atoms with Gasteiger partial charge in [0.1, 0.15) is 0 Å². The minimum atomic E-state index is 0.0775. The summed E-state index contributed by atoms with van der Waals surface area (Å²) in [6.45, 7) is 3.84. The molecule has 0 saturated carbocycles. The quantitative estimate of drug-likeness (QED) is 0.576. The molecule has 0 aliphatic heterocycles. The predicted octanol–water partition coefficient (Wildman–Crippen LogP) is 0.519. The lowest BCUT2D eigenvalue weighted by Crippen LogP contribution is -1.85. The molecule has 0 spiro atoms. The van der Waals surface area contributed by atoms with Gasteiger partial charge in [-0.3, -0.25) is 5.10 Å². The number of hydrogen-bond donors (Lipinski definition) is 2. The number of nitrogens with zero attached hydrogens (tertiary/aromatic N) is 1. The largest absolute Gasteiger partial charge is 0.392 e. The molecule has 0 aliphatic rings. The highest BCUT2D eigenvalue weighted by molar-refractivity contribution is 5.21. The second-order valence-corrected chi connectivity index (χ2v) is 2.07. The van der Waals surface area contributed by atoms with Gasteiger partial charge in [0.25, 0.3) is 0 Å². The average Bonchev–Trinajstić information content (AvgIpc) is 2.12. The Labute approximate surface area is 53.7 Å². The van der Waals surface area contributed by atoms with Crippen LogP contribution in [0, 0.1) is 13.8 Å². The molecule has 0 aromatic carbocycles. The van der Waals surface area contributed by atoms with Gasteiger partial charge in [0, 0.05) is 11.3 Å². The van der Waals surface area contributed by atoms with Crippen molar-refractivity contribution in [3.63, 3.8) is 0 Å². The molecule has 0 radical (unpaired) electrons. The minimum Gasteiger partial charge on any atom is -0.392 e. The first-order chi connectivity index (χ1) is 4.25. The van der Waals surface area contributed by atoms with E-state index in [-0.39, 0.29) is 6.61 Å². The normalized spacial score (nSPS) is 10.1. The number of hydrogen-bond acceptors (Lipinski definition) is 2. The van der Waals surface area contributed by atoms with E-state index in [0.29, 0.717) is 0 Å². The van der Waals surface area contributed by atoms with Gasteiger partial charge >= 0.3 is 0 Å². The number of aliphatic hydroxyl groups excluding tert-OH is 1. The summed E-state index contributed by atoms with van der Waals surface area (Å²) < 4.78 is 0. The van der Waals surface area contributed by atoms with E-state index in [9.17, 15) is 0 Å². The number of aryl methyl sites for hydroxylation is 2. The van der Waals surface area contributed by atoms with Crippen LogP contribution in [0.4, 0.5) is 0 Å². The first-order valence-electron chi connectivity index (χ1n) is 2.87. The third kappa shape index (κ3) is 0.954. The SMILES string of the molecule is Cc1n[nH]c(C)c1CO. The van der Waals surface area contributed by atoms with Crippen molar-refractivity contribution in [3.05, 3.63) is 17.0 Å². The molecule has 0 bridgehead atoms. The fourth-order valence-corrected chi connectivity index (χ4v) is 0.807. The summed E-state index contributed by atoms with van der Waals surface area (Å²) >= 11 is 0. The van der Waals surface area contributed by atoms with E-state index in [1.165, 1.54) is 0 Å². The number of H-pyrrole nitrogens is 1. The summed E-state index contributed by atoms with van der Waals surface area (Å²) in [6.07, 6.45) is 0. The van der Waals surface area contributed by atoms with Crippen LogP contribution >= 0.6 is 0 Å². The van der Waals surface area contributed by atoms with Crippen molar-refractivity contribution in [1.82, 2.24) is 10.2 Å². The summed E-state index contributed by atoms with van der Waals surface area (Å²) in [5.74, 6) is 0. The maximum absolute atomic E-state index is 8.73. The van der Waals surface area contributed by atoms with Crippen molar-refractivity contribution in [2.24, 2.45) is 0 Å². The smallest absolute Gasteiger partial charge is 0.0717 e. The van der Waals surface area contributed by atoms with Crippen molar-refractivity contribution in [1.29, 1.82) is 0 Å². The third-order valence-electron chi connectivity index (χ3n) is 1.44. The van der Waals surface area contributed by atoms with Crippen molar-refractivity contribution in [3.8, 4) is 0 Å². The Balaban J connectivity index is 3.07. The van der Waals surface area contributed by atoms with E-state index in [1.807, 2.05) is 13.8 Å². The monoisotopic (exact) mass is 126 g/mol. The molecule has 3 nitrogen and oxygen atoms in total. The zero-order valence-corrected chi connectivity index (χ0v) is 5.60. The Bertz CT molecular complexity index is 185. The van der Waals surface area contributed by atoms with Crippen LogP contribution in [0.3, 0.4) is 0 Å². The maximum atomic E-state index is 8.73. The zero-order chi connectivity index (χ0) is 6.85. The lowest BCUT2D eigenvalue weighted by molar-refractivity contribution is 0.280. The van der Waals surface area contributed by atoms with Gasteiger partial charge in [-0.25, -0.2) is 0 Å². The number of aromatic nitrogens is 2. The summed E-state index contributed by atoms with van der Waals surface area (Å²) in [4.78, 5) is 0. The Hall–Kier alpha value is -0.830. The molecular weight excluding hydrogens is 116 g/mol. The molecule has 0 saturated heterocycles. The summed E-state index contributed by atoms with van der Waals surface area (Å²) in [5.41, 5.74) is 2.75. The first kappa shape index (κ1) is 6.29. The van der Waals surface area contributed by atoms with Gasteiger partial charge in [0.15, 0.2) is 0 Å². The second-order valence-electron chi connectivity index (χ2n) is 2.07. The number of rotatable bonds is 1. The van der Waals surface area contributed by atoms with Crippen molar-refractivity contribution in [2.75, 3.05) is 0 Å². The average molecular weight is 126 g/mol. The van der Waals surface area contributed by atoms with Gasteiger partial charge < -0.3 is 5.11 Å². The molecule has 0 atom stereocenters. The number of aromatic amines is 1. The Morgan fingerprint density at radius 1 is 1.56 bits per heavy atom. The first-order valence-corrected chi connectivity index (χ1v) is 2.87. The highest BCUT2D eigenvalue weighted by Crippen LogP contribution is 2.07. The van der Waals surface area contributed by atoms with Gasteiger partial charge in [-0.05, 0) is 13.8 Å². The van der Waals surface area contributed by atoms with Gasteiger partial charge in [-0.2, -0.15) is 5.10 Å². The van der Waals surface area contributed by atoms with E-state index in [1.54, 1.807) is 0 Å². The lowest BCUT2D eigenvalue weighted by Gasteiger charge is -1.90. The number of aliphatic hydroxyl groups is 1. The standard InChI is InChI=1S/C6H10N2O/c1-4-6(3-9)5(2)8-7-4/h9H,3H2,1-2H3,(H,7,8). The summed E-state index contributed by atoms with van der Waals surface area (Å²) in [6, 6.07) is 0. The molecule has 3 heteroatoms. The van der Waals surface area contributed by atoms with Crippen LogP contribution in [0.5, 0.6) is 0 Å². The molecule has 9 heavy (non-hydrogen) atoms. The van der Waals surface area contributed by atoms with Gasteiger partial charge in [-0.15, -0.1) is 0 Å². The van der Waals surface area contributed by atoms with Crippen LogP contribution in [-0.4, -0.2) is 15.3 Å². The van der Waals surface area contributed by atoms with Gasteiger partial charge in [-0.1, -0.05) is 0 Å². The van der Waals surface area contributed by atoms with Gasteiger partial charge in [0.2, 0.25) is 0 Å². The molecule has 0 fully saturated rings. The molecule has 0 amide bonds. The topological polar surface area (TPSA) is 48.9 Å². The molecule has 2 N–H and O–H groups in total. The molecule has 50 valence electrons. The van der Waals surface area contributed by atoms with Crippen molar-refractivity contribution in [2.45, 2.75) is 20.5 Å². The third-order valence-corrected chi connectivity index (χ3v) is 1.44. The Morgan fingerprint density at radius 2 is 2.22 bits per heavy atom. The van der Waals surface area contributed by atoms with E-state index in [2.05, 4.69) is 10.2 Å². The van der Waals surface area contributed by atoms with Crippen molar-refractivity contribution < 1.29 is 5.11 Å². The predicted molar refractivity (Wildman–Crippen MR) is 34.0 cm³/mol. The van der Waals surface area contributed by atoms with E-state index >= 15 is 0 Å². The molecule has 1 rings (SSSR count). The van der Waals surface area contributed by atoms with Gasteiger partial charge in [0.05, 0.1) is 12.3 Å². The lowest BCUT2D eigenvalue weighted by atomic mass is 10.2. The van der Waals surface area contributed by atoms with Crippen LogP contribution in [0.15, 0.2) is 0 Å². The molecule has 1 aromatic heterocycles. The molecule has 0 aliphatic carbocycles. The molecule has 0 unspecified atom stereocenters. The van der Waals surface area contributed by atoms with Crippen LogP contribution in [0.2, 0.25) is 0 Å². The fraction of sp³-hybridized carbons (Fsp3) is 0.500. The molecular formula is C6H10N2O. The molecule has 1 aromatic rings. The van der Waals surface area contributed by atoms with Crippen LogP contribution in [0.1, 0.15) is 17.0 Å². The van der Waals surface area contributed by atoms with E-state index in [0.717, 1.165) is 17.0 Å². The second kappa shape index (κ2) is 2.19. The van der Waals surface area contributed by atoms with Crippen molar-refractivity contribution >= 4 is 0 Å². The van der Waals surface area contributed by atoms with E-state index < -0.39 is 0 Å². The van der Waals surface area contributed by atoms with Crippen LogP contribution in [-0.2, 0) is 6.61 Å². The fourth-order valence-electron chi connectivity index (χ4n) is 0.807. The van der Waals surface area contributed by atoms with E-state index in [4.69, 9.17) is 5.11 Å². The Morgan fingerprint density at radius 3 is 2.44 bits per heavy atom. The minimum absolute atomic E-state index is 0.0775. The zero-order valence-electron chi connectivity index (χ0n) is 5.60. The summed E-state index contributed by atoms with van der Waals surface area (Å²) in [7, 11) is 0. The highest BCUT2D eigenvalue weighted by Gasteiger charge is 2.02. The van der Waals surface area contributed by atoms with Crippen LogP contribution < -0.4 is 0 Å². The highest BCUT2D eigenvalue weighted by atomic mass is 16.3. The van der Waals surface area contributed by atoms with Crippen LogP contribution in [0.25, 0.3) is 0 Å². The number of nitrogens with one attached hydrogen (secondary N) is 1. The summed E-state index contributed by atoms with van der Waals surface area (Å²) in [5, 5.41) is 15.4. The maximum Gasteiger partial charge on any atom is 0.0717 e. The molecule has 1 heterocycles. The Kier molecular flexibility index (Phi) is 1.53.